The van der Waals surface area contributed by atoms with Crippen molar-refractivity contribution in [2.75, 3.05) is 0 Å². The van der Waals surface area contributed by atoms with E-state index in [-0.39, 0.29) is 5.92 Å². The summed E-state index contributed by atoms with van der Waals surface area (Å²) in [6.07, 6.45) is 3.01. The molecular weight excluding hydrogens is 238 g/mol. The number of hydrogen-bond acceptors (Lipinski definition) is 3. The number of aliphatic carboxylic acids is 1. The minimum atomic E-state index is -1.02. The van der Waals surface area contributed by atoms with Gasteiger partial charge in [-0.3, -0.25) is 4.79 Å². The fourth-order valence-corrected chi connectivity index (χ4v) is 1.89. The van der Waals surface area contributed by atoms with Gasteiger partial charge in [0.15, 0.2) is 0 Å². The molecular formula is C12H15NO3S. The highest BCUT2D eigenvalue weighted by Gasteiger charge is 2.22. The van der Waals surface area contributed by atoms with Gasteiger partial charge in [0.05, 0.1) is 0 Å². The molecule has 1 amide bonds. The van der Waals surface area contributed by atoms with Crippen molar-refractivity contribution in [2.45, 2.75) is 19.9 Å². The third kappa shape index (κ3) is 4.40. The van der Waals surface area contributed by atoms with Gasteiger partial charge in [0, 0.05) is 6.08 Å². The molecule has 0 saturated heterocycles. The first-order valence-corrected chi connectivity index (χ1v) is 6.18. The Hall–Kier alpha value is -1.62. The van der Waals surface area contributed by atoms with Crippen LogP contribution < -0.4 is 5.32 Å². The molecule has 0 fully saturated rings. The van der Waals surface area contributed by atoms with E-state index in [2.05, 4.69) is 5.32 Å². The van der Waals surface area contributed by atoms with E-state index in [1.54, 1.807) is 19.9 Å². The van der Waals surface area contributed by atoms with Gasteiger partial charge in [-0.15, -0.1) is 0 Å². The molecule has 0 saturated carbocycles. The van der Waals surface area contributed by atoms with Crippen molar-refractivity contribution in [1.82, 2.24) is 5.32 Å². The minimum absolute atomic E-state index is 0.147. The molecule has 0 spiro atoms. The molecule has 92 valence electrons. The summed E-state index contributed by atoms with van der Waals surface area (Å²) >= 11 is 1.54. The molecule has 0 radical (unpaired) electrons. The first-order chi connectivity index (χ1) is 8.00. The number of amides is 1. The normalized spacial score (nSPS) is 12.9. The monoisotopic (exact) mass is 253 g/mol. The first kappa shape index (κ1) is 13.4. The van der Waals surface area contributed by atoms with Gasteiger partial charge in [0.1, 0.15) is 6.04 Å². The van der Waals surface area contributed by atoms with Crippen molar-refractivity contribution >= 4 is 29.3 Å². The van der Waals surface area contributed by atoms with Crippen molar-refractivity contribution < 1.29 is 14.7 Å². The molecule has 1 aromatic rings. The van der Waals surface area contributed by atoms with E-state index >= 15 is 0 Å². The van der Waals surface area contributed by atoms with Crippen LogP contribution in [0.2, 0.25) is 0 Å². The Labute approximate surface area is 104 Å². The molecule has 0 aromatic carbocycles. The maximum atomic E-state index is 11.5. The number of carboxylic acids is 1. The minimum Gasteiger partial charge on any atom is -0.480 e. The van der Waals surface area contributed by atoms with E-state index in [4.69, 9.17) is 5.11 Å². The summed E-state index contributed by atoms with van der Waals surface area (Å²) in [6.45, 7) is 3.50. The second kappa shape index (κ2) is 6.20. The van der Waals surface area contributed by atoms with Gasteiger partial charge in [-0.2, -0.15) is 11.3 Å². The Morgan fingerprint density at radius 3 is 2.65 bits per heavy atom. The molecule has 0 aliphatic rings. The smallest absolute Gasteiger partial charge is 0.326 e. The zero-order chi connectivity index (χ0) is 12.8. The van der Waals surface area contributed by atoms with Gasteiger partial charge in [0.25, 0.3) is 0 Å². The highest BCUT2D eigenvalue weighted by molar-refractivity contribution is 7.08. The van der Waals surface area contributed by atoms with Gasteiger partial charge in [-0.25, -0.2) is 4.79 Å². The topological polar surface area (TPSA) is 66.4 Å². The predicted molar refractivity (Wildman–Crippen MR) is 67.8 cm³/mol. The lowest BCUT2D eigenvalue weighted by atomic mass is 10.0. The molecule has 2 N–H and O–H groups in total. The van der Waals surface area contributed by atoms with Crippen LogP contribution in [0, 0.1) is 5.92 Å². The molecule has 5 heteroatoms. The lowest BCUT2D eigenvalue weighted by Gasteiger charge is -2.16. The molecule has 1 aromatic heterocycles. The lowest BCUT2D eigenvalue weighted by Crippen LogP contribution is -2.43. The summed E-state index contributed by atoms with van der Waals surface area (Å²) in [4.78, 5) is 22.4. The van der Waals surface area contributed by atoms with E-state index in [1.807, 2.05) is 16.8 Å². The quantitative estimate of drug-likeness (QED) is 0.789. The standard InChI is InChI=1S/C12H15NO3S/c1-8(2)11(12(15)16)13-10(14)4-3-9-5-6-17-7-9/h3-8,11H,1-2H3,(H,13,14)(H,15,16)/b4-3+. The summed E-state index contributed by atoms with van der Waals surface area (Å²) in [5.74, 6) is -1.56. The highest BCUT2D eigenvalue weighted by Crippen LogP contribution is 2.07. The third-order valence-electron chi connectivity index (χ3n) is 2.20. The van der Waals surface area contributed by atoms with Gasteiger partial charge in [-0.05, 0) is 34.4 Å². The zero-order valence-corrected chi connectivity index (χ0v) is 10.5. The zero-order valence-electron chi connectivity index (χ0n) is 9.71. The van der Waals surface area contributed by atoms with Crippen LogP contribution >= 0.6 is 11.3 Å². The largest absolute Gasteiger partial charge is 0.480 e. The number of nitrogens with one attached hydrogen (secondary N) is 1. The van der Waals surface area contributed by atoms with Crippen LogP contribution in [0.4, 0.5) is 0 Å². The Morgan fingerprint density at radius 2 is 2.18 bits per heavy atom. The first-order valence-electron chi connectivity index (χ1n) is 5.24. The number of thiophene rings is 1. The van der Waals surface area contributed by atoms with E-state index in [1.165, 1.54) is 17.4 Å². The molecule has 0 aliphatic heterocycles. The maximum Gasteiger partial charge on any atom is 0.326 e. The second-order valence-electron chi connectivity index (χ2n) is 3.96. The Kier molecular flexibility index (Phi) is 4.90. The van der Waals surface area contributed by atoms with Crippen LogP contribution in [0.15, 0.2) is 22.9 Å². The summed E-state index contributed by atoms with van der Waals surface area (Å²) in [5, 5.41) is 15.2. The van der Waals surface area contributed by atoms with Crippen LogP contribution in [0.3, 0.4) is 0 Å². The van der Waals surface area contributed by atoms with Gasteiger partial charge in [0.2, 0.25) is 5.91 Å². The van der Waals surface area contributed by atoms with Gasteiger partial charge < -0.3 is 10.4 Å². The molecule has 4 nitrogen and oxygen atoms in total. The van der Waals surface area contributed by atoms with Crippen molar-refractivity contribution in [2.24, 2.45) is 5.92 Å². The van der Waals surface area contributed by atoms with Crippen molar-refractivity contribution in [3.63, 3.8) is 0 Å². The maximum absolute atomic E-state index is 11.5. The molecule has 0 aliphatic carbocycles. The van der Waals surface area contributed by atoms with Crippen LogP contribution in [-0.2, 0) is 9.59 Å². The second-order valence-corrected chi connectivity index (χ2v) is 4.74. The summed E-state index contributed by atoms with van der Waals surface area (Å²) in [7, 11) is 0. The Balaban J connectivity index is 2.56. The summed E-state index contributed by atoms with van der Waals surface area (Å²) < 4.78 is 0. The fraction of sp³-hybridized carbons (Fsp3) is 0.333. The average molecular weight is 253 g/mol. The molecule has 1 rings (SSSR count). The number of hydrogen-bond donors (Lipinski definition) is 2. The van der Waals surface area contributed by atoms with Crippen LogP contribution in [0.25, 0.3) is 6.08 Å². The molecule has 17 heavy (non-hydrogen) atoms. The SMILES string of the molecule is CC(C)C(NC(=O)/C=C/c1ccsc1)C(=O)O. The number of carbonyl (C=O) groups is 2. The van der Waals surface area contributed by atoms with Crippen molar-refractivity contribution in [3.05, 3.63) is 28.5 Å². The molecule has 1 heterocycles. The highest BCUT2D eigenvalue weighted by atomic mass is 32.1. The summed E-state index contributed by atoms with van der Waals surface area (Å²) in [6, 6.07) is 1.03. The van der Waals surface area contributed by atoms with Gasteiger partial charge >= 0.3 is 5.97 Å². The number of carbonyl (C=O) groups excluding carboxylic acids is 1. The molecule has 0 bridgehead atoms. The predicted octanol–water partition coefficient (Wildman–Crippen LogP) is 1.99. The van der Waals surface area contributed by atoms with Gasteiger partial charge in [-0.1, -0.05) is 13.8 Å². The summed E-state index contributed by atoms with van der Waals surface area (Å²) in [5.41, 5.74) is 0.932. The van der Waals surface area contributed by atoms with E-state index in [0.717, 1.165) is 5.56 Å². The van der Waals surface area contributed by atoms with E-state index < -0.39 is 17.9 Å². The molecule has 1 atom stereocenters. The third-order valence-corrected chi connectivity index (χ3v) is 2.90. The number of carboxylic acid groups (broad SMARTS) is 1. The Bertz CT molecular complexity index is 409. The fourth-order valence-electron chi connectivity index (χ4n) is 1.26. The van der Waals surface area contributed by atoms with Crippen LogP contribution in [0.5, 0.6) is 0 Å². The average Bonchev–Trinajstić information content (AvgIpc) is 2.74. The molecule has 1 unspecified atom stereocenters. The van der Waals surface area contributed by atoms with Crippen LogP contribution in [0.1, 0.15) is 19.4 Å². The lowest BCUT2D eigenvalue weighted by molar-refractivity contribution is -0.142. The van der Waals surface area contributed by atoms with E-state index in [0.29, 0.717) is 0 Å². The Morgan fingerprint density at radius 1 is 1.47 bits per heavy atom. The number of rotatable bonds is 5. The van der Waals surface area contributed by atoms with Crippen molar-refractivity contribution in [3.8, 4) is 0 Å². The van der Waals surface area contributed by atoms with Crippen LogP contribution in [-0.4, -0.2) is 23.0 Å². The van der Waals surface area contributed by atoms with Crippen molar-refractivity contribution in [1.29, 1.82) is 0 Å². The van der Waals surface area contributed by atoms with E-state index in [9.17, 15) is 9.59 Å².